The number of nitrogens with one attached hydrogen (secondary N) is 1. The Morgan fingerprint density at radius 3 is 2.62 bits per heavy atom. The minimum Gasteiger partial charge on any atom is -0.502 e. The lowest BCUT2D eigenvalue weighted by atomic mass is 10.2. The highest BCUT2D eigenvalue weighted by Gasteiger charge is 2.17. The maximum Gasteiger partial charge on any atom is 0.312 e. The van der Waals surface area contributed by atoms with Crippen LogP contribution in [0.2, 0.25) is 5.02 Å². The number of aromatic hydroxyl groups is 1. The molecule has 0 unspecified atom stereocenters. The van der Waals surface area contributed by atoms with Crippen molar-refractivity contribution in [1.82, 2.24) is 0 Å². The number of nitro benzene ring substituents is 1. The molecule has 0 aliphatic rings. The first-order valence-corrected chi connectivity index (χ1v) is 6.06. The van der Waals surface area contributed by atoms with Crippen molar-refractivity contribution >= 4 is 29.2 Å². The standard InChI is InChI=1S/C13H9ClFN3O3/c14-9-5-8(13(19)12(6-9)18(20)21)7-16-17-11-3-1-10(15)2-4-11/h1-7,17,19H/b16-7+. The molecule has 0 saturated heterocycles. The highest BCUT2D eigenvalue weighted by atomic mass is 35.5. The van der Waals surface area contributed by atoms with Crippen molar-refractivity contribution in [3.05, 3.63) is 62.9 Å². The zero-order valence-corrected chi connectivity index (χ0v) is 11.2. The average Bonchev–Trinajstić information content (AvgIpc) is 2.44. The fourth-order valence-corrected chi connectivity index (χ4v) is 1.76. The SMILES string of the molecule is O=[N+]([O-])c1cc(Cl)cc(/C=N/Nc2ccc(F)cc2)c1O. The zero-order valence-electron chi connectivity index (χ0n) is 10.5. The lowest BCUT2D eigenvalue weighted by molar-refractivity contribution is -0.385. The summed E-state index contributed by atoms with van der Waals surface area (Å²) in [7, 11) is 0. The molecule has 0 atom stereocenters. The number of phenols is 1. The Bertz CT molecular complexity index is 705. The van der Waals surface area contributed by atoms with E-state index < -0.39 is 16.4 Å². The number of benzene rings is 2. The Kier molecular flexibility index (Phi) is 4.34. The van der Waals surface area contributed by atoms with E-state index in [0.717, 1.165) is 6.07 Å². The molecule has 0 heterocycles. The molecule has 21 heavy (non-hydrogen) atoms. The molecule has 0 amide bonds. The van der Waals surface area contributed by atoms with Crippen molar-refractivity contribution in [2.75, 3.05) is 5.43 Å². The number of nitro groups is 1. The summed E-state index contributed by atoms with van der Waals surface area (Å²) in [5, 5.41) is 24.4. The van der Waals surface area contributed by atoms with E-state index in [9.17, 15) is 19.6 Å². The summed E-state index contributed by atoms with van der Waals surface area (Å²) in [5.74, 6) is -0.915. The third-order valence-corrected chi connectivity index (χ3v) is 2.74. The van der Waals surface area contributed by atoms with Crippen molar-refractivity contribution < 1.29 is 14.4 Å². The second-order valence-corrected chi connectivity index (χ2v) is 4.43. The number of nitrogens with zero attached hydrogens (tertiary/aromatic N) is 2. The van der Waals surface area contributed by atoms with Gasteiger partial charge in [-0.2, -0.15) is 5.10 Å². The normalized spacial score (nSPS) is 10.8. The van der Waals surface area contributed by atoms with Gasteiger partial charge in [-0.3, -0.25) is 15.5 Å². The fraction of sp³-hybridized carbons (Fsp3) is 0. The van der Waals surface area contributed by atoms with Gasteiger partial charge in [0.05, 0.1) is 16.8 Å². The van der Waals surface area contributed by atoms with Crippen LogP contribution in [0.1, 0.15) is 5.56 Å². The predicted molar refractivity (Wildman–Crippen MR) is 77.4 cm³/mol. The number of hydrogen-bond donors (Lipinski definition) is 2. The monoisotopic (exact) mass is 309 g/mol. The van der Waals surface area contributed by atoms with Gasteiger partial charge in [0.25, 0.3) is 0 Å². The Hall–Kier alpha value is -2.67. The van der Waals surface area contributed by atoms with Crippen molar-refractivity contribution in [3.8, 4) is 5.75 Å². The maximum absolute atomic E-state index is 12.7. The molecule has 0 spiro atoms. The van der Waals surface area contributed by atoms with Crippen LogP contribution in [-0.4, -0.2) is 16.2 Å². The van der Waals surface area contributed by atoms with E-state index >= 15 is 0 Å². The highest BCUT2D eigenvalue weighted by molar-refractivity contribution is 6.31. The molecule has 2 aromatic carbocycles. The molecule has 2 aromatic rings. The number of anilines is 1. The van der Waals surface area contributed by atoms with Crippen LogP contribution in [0.4, 0.5) is 15.8 Å². The molecular weight excluding hydrogens is 301 g/mol. The van der Waals surface area contributed by atoms with Crippen LogP contribution in [0.5, 0.6) is 5.75 Å². The molecule has 0 fully saturated rings. The van der Waals surface area contributed by atoms with Crippen molar-refractivity contribution in [3.63, 3.8) is 0 Å². The fourth-order valence-electron chi connectivity index (χ4n) is 1.54. The Morgan fingerprint density at radius 2 is 2.00 bits per heavy atom. The lowest BCUT2D eigenvalue weighted by Gasteiger charge is -2.02. The first kappa shape index (κ1) is 14.7. The molecule has 0 aliphatic carbocycles. The van der Waals surface area contributed by atoms with Crippen LogP contribution in [-0.2, 0) is 0 Å². The number of halogens is 2. The van der Waals surface area contributed by atoms with E-state index in [1.807, 2.05) is 0 Å². The van der Waals surface area contributed by atoms with Crippen LogP contribution in [0, 0.1) is 15.9 Å². The molecule has 0 bridgehead atoms. The zero-order chi connectivity index (χ0) is 15.4. The second-order valence-electron chi connectivity index (χ2n) is 4.00. The smallest absolute Gasteiger partial charge is 0.312 e. The highest BCUT2D eigenvalue weighted by Crippen LogP contribution is 2.32. The third kappa shape index (κ3) is 3.67. The maximum atomic E-state index is 12.7. The minimum atomic E-state index is -0.744. The van der Waals surface area contributed by atoms with Gasteiger partial charge in [0.2, 0.25) is 5.75 Å². The number of hydrazone groups is 1. The van der Waals surface area contributed by atoms with E-state index in [1.54, 1.807) is 0 Å². The van der Waals surface area contributed by atoms with E-state index in [2.05, 4.69) is 10.5 Å². The molecule has 108 valence electrons. The van der Waals surface area contributed by atoms with Gasteiger partial charge in [-0.25, -0.2) is 4.39 Å². The molecule has 2 N–H and O–H groups in total. The summed E-state index contributed by atoms with van der Waals surface area (Å²) in [6.07, 6.45) is 1.18. The number of phenolic OH excluding ortho intramolecular Hbond substituents is 1. The molecular formula is C13H9ClFN3O3. The van der Waals surface area contributed by atoms with Crippen LogP contribution in [0.15, 0.2) is 41.5 Å². The third-order valence-electron chi connectivity index (χ3n) is 2.52. The van der Waals surface area contributed by atoms with Gasteiger partial charge in [0.1, 0.15) is 5.82 Å². The van der Waals surface area contributed by atoms with Gasteiger partial charge >= 0.3 is 5.69 Å². The predicted octanol–water partition coefficient (Wildman–Crippen LogP) is 3.54. The van der Waals surface area contributed by atoms with Gasteiger partial charge in [-0.15, -0.1) is 0 Å². The molecule has 2 rings (SSSR count). The Morgan fingerprint density at radius 1 is 1.33 bits per heavy atom. The summed E-state index contributed by atoms with van der Waals surface area (Å²) >= 11 is 5.74. The quantitative estimate of drug-likeness (QED) is 0.513. The van der Waals surface area contributed by atoms with Crippen molar-refractivity contribution in [1.29, 1.82) is 0 Å². The van der Waals surface area contributed by atoms with Gasteiger partial charge in [-0.05, 0) is 30.3 Å². The molecule has 0 saturated carbocycles. The molecule has 8 heteroatoms. The summed E-state index contributed by atoms with van der Waals surface area (Å²) in [6, 6.07) is 7.81. The molecule has 0 aliphatic heterocycles. The largest absolute Gasteiger partial charge is 0.502 e. The second kappa shape index (κ2) is 6.19. The number of rotatable bonds is 4. The molecule has 0 radical (unpaired) electrons. The summed E-state index contributed by atoms with van der Waals surface area (Å²) in [4.78, 5) is 10.0. The van der Waals surface area contributed by atoms with E-state index in [-0.39, 0.29) is 16.4 Å². The van der Waals surface area contributed by atoms with Crippen LogP contribution >= 0.6 is 11.6 Å². The lowest BCUT2D eigenvalue weighted by Crippen LogP contribution is -1.95. The number of hydrogen-bond acceptors (Lipinski definition) is 5. The van der Waals surface area contributed by atoms with Crippen LogP contribution in [0.25, 0.3) is 0 Å². The van der Waals surface area contributed by atoms with E-state index in [0.29, 0.717) is 5.69 Å². The topological polar surface area (TPSA) is 87.8 Å². The average molecular weight is 310 g/mol. The molecule has 6 nitrogen and oxygen atoms in total. The van der Waals surface area contributed by atoms with Crippen molar-refractivity contribution in [2.45, 2.75) is 0 Å². The summed E-state index contributed by atoms with van der Waals surface area (Å²) < 4.78 is 12.7. The first-order chi connectivity index (χ1) is 9.97. The molecule has 0 aromatic heterocycles. The van der Waals surface area contributed by atoms with E-state index in [1.165, 1.54) is 36.5 Å². The van der Waals surface area contributed by atoms with Gasteiger partial charge < -0.3 is 5.11 Å². The Labute approximate surface area is 123 Å². The summed E-state index contributed by atoms with van der Waals surface area (Å²) in [6.45, 7) is 0. The van der Waals surface area contributed by atoms with Crippen LogP contribution in [0.3, 0.4) is 0 Å². The van der Waals surface area contributed by atoms with Crippen molar-refractivity contribution in [2.24, 2.45) is 5.10 Å². The van der Waals surface area contributed by atoms with Crippen LogP contribution < -0.4 is 5.43 Å². The van der Waals surface area contributed by atoms with E-state index in [4.69, 9.17) is 11.6 Å². The van der Waals surface area contributed by atoms with Gasteiger partial charge in [0.15, 0.2) is 0 Å². The summed E-state index contributed by atoms with van der Waals surface area (Å²) in [5.41, 5.74) is 2.69. The minimum absolute atomic E-state index is 0.0869. The van der Waals surface area contributed by atoms with Gasteiger partial charge in [-0.1, -0.05) is 11.6 Å². The Balaban J connectivity index is 2.21. The first-order valence-electron chi connectivity index (χ1n) is 5.69. The van der Waals surface area contributed by atoms with Gasteiger partial charge in [0, 0.05) is 16.7 Å².